The van der Waals surface area contributed by atoms with Gasteiger partial charge >= 0.3 is 0 Å². The number of aryl methyl sites for hydroxylation is 3. The van der Waals surface area contributed by atoms with Crippen molar-refractivity contribution in [2.45, 2.75) is 33.6 Å². The average molecular weight is 203 g/mol. The average Bonchev–Trinajstić information content (AvgIpc) is 2.15. The Bertz CT molecular complexity index is 354. The van der Waals surface area contributed by atoms with Crippen LogP contribution in [-0.2, 0) is 0 Å². The van der Waals surface area contributed by atoms with Crippen LogP contribution in [0.5, 0.6) is 5.75 Å². The molecule has 0 saturated heterocycles. The Hall–Kier alpha value is -1.49. The van der Waals surface area contributed by atoms with Crippen LogP contribution in [0.2, 0.25) is 0 Å². The summed E-state index contributed by atoms with van der Waals surface area (Å²) in [6, 6.07) is 6.35. The fraction of sp³-hybridized carbons (Fsp3) is 0.462. The van der Waals surface area contributed by atoms with Crippen LogP contribution < -0.4 is 4.74 Å². The maximum Gasteiger partial charge on any atom is 0.125 e. The van der Waals surface area contributed by atoms with Crippen LogP contribution in [0.15, 0.2) is 12.1 Å². The standard InChI is InChI=1S/C13H17NO/c1-10-8-11(2)13(12(3)9-10)15-7-5-4-6-14/h8-9H,4-5,7H2,1-3H3. The lowest BCUT2D eigenvalue weighted by molar-refractivity contribution is 0.308. The third kappa shape index (κ3) is 3.28. The molecule has 0 radical (unpaired) electrons. The Morgan fingerprint density at radius 2 is 1.80 bits per heavy atom. The molecule has 0 bridgehead atoms. The third-order valence-corrected chi connectivity index (χ3v) is 2.28. The highest BCUT2D eigenvalue weighted by Crippen LogP contribution is 2.24. The van der Waals surface area contributed by atoms with Crippen molar-refractivity contribution < 1.29 is 4.74 Å². The maximum absolute atomic E-state index is 8.40. The van der Waals surface area contributed by atoms with Gasteiger partial charge < -0.3 is 4.74 Å². The summed E-state index contributed by atoms with van der Waals surface area (Å²) in [6.07, 6.45) is 1.35. The molecule has 0 aliphatic heterocycles. The topological polar surface area (TPSA) is 33.0 Å². The van der Waals surface area contributed by atoms with E-state index >= 15 is 0 Å². The molecule has 1 aromatic carbocycles. The monoisotopic (exact) mass is 203 g/mol. The molecule has 0 aromatic heterocycles. The highest BCUT2D eigenvalue weighted by Gasteiger charge is 2.04. The molecular weight excluding hydrogens is 186 g/mol. The van der Waals surface area contributed by atoms with Gasteiger partial charge in [-0.2, -0.15) is 5.26 Å². The lowest BCUT2D eigenvalue weighted by Gasteiger charge is -2.12. The van der Waals surface area contributed by atoms with E-state index in [4.69, 9.17) is 10.00 Å². The largest absolute Gasteiger partial charge is 0.493 e. The summed E-state index contributed by atoms with van der Waals surface area (Å²) in [4.78, 5) is 0. The van der Waals surface area contributed by atoms with E-state index in [1.54, 1.807) is 0 Å². The minimum Gasteiger partial charge on any atom is -0.493 e. The van der Waals surface area contributed by atoms with Gasteiger partial charge in [-0.3, -0.25) is 0 Å². The van der Waals surface area contributed by atoms with Crippen LogP contribution >= 0.6 is 0 Å². The van der Waals surface area contributed by atoms with E-state index in [0.29, 0.717) is 13.0 Å². The molecule has 0 fully saturated rings. The second-order valence-corrected chi connectivity index (χ2v) is 3.84. The molecule has 2 heteroatoms. The fourth-order valence-corrected chi connectivity index (χ4v) is 1.72. The van der Waals surface area contributed by atoms with Gasteiger partial charge in [0.1, 0.15) is 5.75 Å². The van der Waals surface area contributed by atoms with Gasteiger partial charge in [-0.05, 0) is 38.3 Å². The van der Waals surface area contributed by atoms with Crippen LogP contribution in [0, 0.1) is 32.1 Å². The van der Waals surface area contributed by atoms with Gasteiger partial charge in [-0.1, -0.05) is 17.7 Å². The van der Waals surface area contributed by atoms with Crippen LogP contribution in [-0.4, -0.2) is 6.61 Å². The lowest BCUT2D eigenvalue weighted by atomic mass is 10.1. The highest BCUT2D eigenvalue weighted by atomic mass is 16.5. The Morgan fingerprint density at radius 3 is 2.33 bits per heavy atom. The summed E-state index contributed by atoms with van der Waals surface area (Å²) in [5, 5.41) is 8.40. The zero-order chi connectivity index (χ0) is 11.3. The second-order valence-electron chi connectivity index (χ2n) is 3.84. The molecule has 0 amide bonds. The van der Waals surface area contributed by atoms with E-state index < -0.39 is 0 Å². The Kier molecular flexibility index (Phi) is 4.17. The van der Waals surface area contributed by atoms with Gasteiger partial charge in [0.05, 0.1) is 12.7 Å². The number of ether oxygens (including phenoxy) is 1. The van der Waals surface area contributed by atoms with Crippen molar-refractivity contribution in [3.05, 3.63) is 28.8 Å². The lowest BCUT2D eigenvalue weighted by Crippen LogP contribution is -2.00. The molecule has 0 saturated carbocycles. The molecule has 2 nitrogen and oxygen atoms in total. The first-order valence-electron chi connectivity index (χ1n) is 5.22. The molecule has 0 unspecified atom stereocenters. The van der Waals surface area contributed by atoms with E-state index in [1.165, 1.54) is 16.7 Å². The van der Waals surface area contributed by atoms with E-state index in [0.717, 1.165) is 12.2 Å². The highest BCUT2D eigenvalue weighted by molar-refractivity contribution is 5.42. The zero-order valence-electron chi connectivity index (χ0n) is 9.63. The molecule has 0 heterocycles. The van der Waals surface area contributed by atoms with Crippen LogP contribution in [0.3, 0.4) is 0 Å². The van der Waals surface area contributed by atoms with E-state index in [-0.39, 0.29) is 0 Å². The number of nitrogens with zero attached hydrogens (tertiary/aromatic N) is 1. The van der Waals surface area contributed by atoms with Crippen molar-refractivity contribution in [3.63, 3.8) is 0 Å². The van der Waals surface area contributed by atoms with Crippen LogP contribution in [0.4, 0.5) is 0 Å². The molecule has 0 N–H and O–H groups in total. The van der Waals surface area contributed by atoms with E-state index in [9.17, 15) is 0 Å². The first-order valence-corrected chi connectivity index (χ1v) is 5.22. The number of hydrogen-bond donors (Lipinski definition) is 0. The van der Waals surface area contributed by atoms with Gasteiger partial charge in [0.2, 0.25) is 0 Å². The van der Waals surface area contributed by atoms with Gasteiger partial charge in [-0.25, -0.2) is 0 Å². The SMILES string of the molecule is Cc1cc(C)c(OCCCC#N)c(C)c1. The molecule has 1 rings (SSSR count). The smallest absolute Gasteiger partial charge is 0.125 e. The quantitative estimate of drug-likeness (QED) is 0.703. The summed E-state index contributed by atoms with van der Waals surface area (Å²) in [7, 11) is 0. The number of benzene rings is 1. The fourth-order valence-electron chi connectivity index (χ4n) is 1.72. The van der Waals surface area contributed by atoms with Gasteiger partial charge in [-0.15, -0.1) is 0 Å². The van der Waals surface area contributed by atoms with Crippen LogP contribution in [0.1, 0.15) is 29.5 Å². The number of unbranched alkanes of at least 4 members (excludes halogenated alkanes) is 1. The first-order chi connectivity index (χ1) is 7.15. The summed E-state index contributed by atoms with van der Waals surface area (Å²) >= 11 is 0. The minimum atomic E-state index is 0.559. The number of rotatable bonds is 4. The van der Waals surface area contributed by atoms with E-state index in [1.807, 2.05) is 0 Å². The summed E-state index contributed by atoms with van der Waals surface area (Å²) in [5.41, 5.74) is 3.60. The van der Waals surface area contributed by atoms with Crippen molar-refractivity contribution in [2.75, 3.05) is 6.61 Å². The molecule has 0 atom stereocenters. The normalized spacial score (nSPS) is 9.73. The Labute approximate surface area is 91.5 Å². The molecule has 1 aromatic rings. The second kappa shape index (κ2) is 5.41. The van der Waals surface area contributed by atoms with Crippen molar-refractivity contribution in [2.24, 2.45) is 0 Å². The van der Waals surface area contributed by atoms with Crippen molar-refractivity contribution >= 4 is 0 Å². The summed E-state index contributed by atoms with van der Waals surface area (Å²) < 4.78 is 5.67. The summed E-state index contributed by atoms with van der Waals surface area (Å²) in [5.74, 6) is 0.971. The van der Waals surface area contributed by atoms with Crippen LogP contribution in [0.25, 0.3) is 0 Å². The molecule has 0 spiro atoms. The molecular formula is C13H17NO. The first kappa shape index (κ1) is 11.6. The number of nitriles is 1. The molecule has 0 aliphatic rings. The molecule has 0 aliphatic carbocycles. The van der Waals surface area contributed by atoms with Crippen molar-refractivity contribution in [1.29, 1.82) is 5.26 Å². The predicted octanol–water partition coefficient (Wildman–Crippen LogP) is 3.29. The summed E-state index contributed by atoms with van der Waals surface area (Å²) in [6.45, 7) is 6.82. The Morgan fingerprint density at radius 1 is 1.20 bits per heavy atom. The van der Waals surface area contributed by atoms with Gasteiger partial charge in [0, 0.05) is 6.42 Å². The van der Waals surface area contributed by atoms with Gasteiger partial charge in [0.15, 0.2) is 0 Å². The Balaban J connectivity index is 2.65. The number of hydrogen-bond acceptors (Lipinski definition) is 2. The third-order valence-electron chi connectivity index (χ3n) is 2.28. The molecule has 80 valence electrons. The van der Waals surface area contributed by atoms with Gasteiger partial charge in [0.25, 0.3) is 0 Å². The van der Waals surface area contributed by atoms with E-state index in [2.05, 4.69) is 39.0 Å². The van der Waals surface area contributed by atoms with Crippen molar-refractivity contribution in [1.82, 2.24) is 0 Å². The maximum atomic E-state index is 8.40. The minimum absolute atomic E-state index is 0.559. The zero-order valence-corrected chi connectivity index (χ0v) is 9.63. The molecule has 15 heavy (non-hydrogen) atoms. The predicted molar refractivity (Wildman–Crippen MR) is 61.0 cm³/mol. The van der Waals surface area contributed by atoms with Crippen molar-refractivity contribution in [3.8, 4) is 11.8 Å².